The fourth-order valence-corrected chi connectivity index (χ4v) is 3.99. The Labute approximate surface area is 193 Å². The third-order valence-corrected chi connectivity index (χ3v) is 5.59. The van der Waals surface area contributed by atoms with Gasteiger partial charge in [0.2, 0.25) is 5.91 Å². The summed E-state index contributed by atoms with van der Waals surface area (Å²) in [7, 11) is 0. The van der Waals surface area contributed by atoms with Crippen molar-refractivity contribution >= 4 is 18.3 Å². The van der Waals surface area contributed by atoms with Crippen LogP contribution < -0.4 is 5.73 Å². The Hall–Kier alpha value is -2.98. The number of amides is 1. The number of rotatable bonds is 6. The Morgan fingerprint density at radius 1 is 1.06 bits per heavy atom. The molecule has 4 rings (SSSR count). The molecule has 1 amide bonds. The molecule has 0 saturated heterocycles. The SMILES string of the molecule is Cl.N[C@@H](CC(=O)N1CCn2nncc2C1Cc1ccc(F)cc1)Cc1cc(F)c(F)cc1F. The number of carbonyl (C=O) groups excluding carboxylic acids is 1. The molecule has 3 aromatic rings. The van der Waals surface area contributed by atoms with E-state index in [2.05, 4.69) is 10.3 Å². The zero-order valence-electron chi connectivity index (χ0n) is 17.4. The van der Waals surface area contributed by atoms with Gasteiger partial charge < -0.3 is 10.6 Å². The van der Waals surface area contributed by atoms with Crippen molar-refractivity contribution in [1.29, 1.82) is 0 Å². The standard InChI is InChI=1S/C22H21F4N5O.ClH/c23-15-3-1-13(2-4-15)7-20-21-12-28-29-31(21)6-5-30(20)22(32)10-16(27)8-14-9-18(25)19(26)11-17(14)24;/h1-4,9,11-12,16,20H,5-8,10,27H2;1H/t16-,20?;/m1./s1. The predicted octanol–water partition coefficient (Wildman–Crippen LogP) is 3.34. The summed E-state index contributed by atoms with van der Waals surface area (Å²) < 4.78 is 55.6. The summed E-state index contributed by atoms with van der Waals surface area (Å²) in [4.78, 5) is 14.8. The molecule has 1 aromatic heterocycles. The van der Waals surface area contributed by atoms with Crippen LogP contribution in [-0.2, 0) is 24.2 Å². The zero-order valence-corrected chi connectivity index (χ0v) is 18.2. The van der Waals surface area contributed by atoms with Crippen molar-refractivity contribution in [3.8, 4) is 0 Å². The van der Waals surface area contributed by atoms with Gasteiger partial charge >= 0.3 is 0 Å². The maximum atomic E-state index is 13.9. The molecule has 176 valence electrons. The molecule has 2 atom stereocenters. The fraction of sp³-hybridized carbons (Fsp3) is 0.318. The summed E-state index contributed by atoms with van der Waals surface area (Å²) >= 11 is 0. The maximum absolute atomic E-state index is 13.9. The summed E-state index contributed by atoms with van der Waals surface area (Å²) in [5.41, 5.74) is 7.54. The average molecular weight is 484 g/mol. The van der Waals surface area contributed by atoms with Crippen molar-refractivity contribution in [3.63, 3.8) is 0 Å². The minimum absolute atomic E-state index is 0. The van der Waals surface area contributed by atoms with Gasteiger partial charge in [-0.15, -0.1) is 17.5 Å². The normalized spacial score (nSPS) is 16.2. The summed E-state index contributed by atoms with van der Waals surface area (Å²) in [6.07, 6.45) is 1.78. The number of nitrogens with two attached hydrogens (primary N) is 1. The molecule has 1 aliphatic heterocycles. The average Bonchev–Trinajstić information content (AvgIpc) is 3.23. The lowest BCUT2D eigenvalue weighted by molar-refractivity contribution is -0.135. The molecule has 1 aliphatic rings. The lowest BCUT2D eigenvalue weighted by Gasteiger charge is -2.36. The Morgan fingerprint density at radius 3 is 2.48 bits per heavy atom. The molecule has 2 N–H and O–H groups in total. The van der Waals surface area contributed by atoms with Crippen LogP contribution in [0.3, 0.4) is 0 Å². The van der Waals surface area contributed by atoms with Crippen LogP contribution >= 0.6 is 12.4 Å². The monoisotopic (exact) mass is 483 g/mol. The van der Waals surface area contributed by atoms with Crippen LogP contribution in [0.15, 0.2) is 42.6 Å². The molecule has 1 unspecified atom stereocenters. The molecule has 33 heavy (non-hydrogen) atoms. The van der Waals surface area contributed by atoms with E-state index in [0.717, 1.165) is 17.3 Å². The molecule has 2 aromatic carbocycles. The summed E-state index contributed by atoms with van der Waals surface area (Å²) in [6, 6.07) is 6.06. The summed E-state index contributed by atoms with van der Waals surface area (Å²) in [5.74, 6) is -3.98. The second kappa shape index (κ2) is 10.3. The quantitative estimate of drug-likeness (QED) is 0.431. The summed E-state index contributed by atoms with van der Waals surface area (Å²) in [5, 5.41) is 7.96. The first-order valence-electron chi connectivity index (χ1n) is 10.1. The van der Waals surface area contributed by atoms with E-state index < -0.39 is 23.5 Å². The van der Waals surface area contributed by atoms with Gasteiger partial charge in [-0.1, -0.05) is 17.3 Å². The number of fused-ring (bicyclic) bond motifs is 1. The van der Waals surface area contributed by atoms with Crippen LogP contribution in [0.2, 0.25) is 0 Å². The molecule has 11 heteroatoms. The first-order valence-corrected chi connectivity index (χ1v) is 10.1. The molecule has 0 radical (unpaired) electrons. The highest BCUT2D eigenvalue weighted by atomic mass is 35.5. The third-order valence-electron chi connectivity index (χ3n) is 5.59. The fourth-order valence-electron chi connectivity index (χ4n) is 3.99. The van der Waals surface area contributed by atoms with Gasteiger partial charge in [0.15, 0.2) is 11.6 Å². The van der Waals surface area contributed by atoms with Crippen LogP contribution in [0, 0.1) is 23.3 Å². The van der Waals surface area contributed by atoms with Gasteiger partial charge in [0.25, 0.3) is 0 Å². The lowest BCUT2D eigenvalue weighted by atomic mass is 9.98. The van der Waals surface area contributed by atoms with Gasteiger partial charge in [0.05, 0.1) is 24.5 Å². The van der Waals surface area contributed by atoms with E-state index in [1.54, 1.807) is 27.9 Å². The highest BCUT2D eigenvalue weighted by Gasteiger charge is 2.33. The van der Waals surface area contributed by atoms with Crippen molar-refractivity contribution in [1.82, 2.24) is 19.9 Å². The first-order chi connectivity index (χ1) is 15.3. The second-order valence-corrected chi connectivity index (χ2v) is 7.84. The largest absolute Gasteiger partial charge is 0.332 e. The number of aromatic nitrogens is 3. The van der Waals surface area contributed by atoms with E-state index >= 15 is 0 Å². The topological polar surface area (TPSA) is 77.0 Å². The van der Waals surface area contributed by atoms with Gasteiger partial charge in [-0.25, -0.2) is 22.2 Å². The Morgan fingerprint density at radius 2 is 1.76 bits per heavy atom. The van der Waals surface area contributed by atoms with E-state index in [9.17, 15) is 22.4 Å². The first kappa shape index (κ1) is 24.7. The van der Waals surface area contributed by atoms with Crippen LogP contribution in [0.4, 0.5) is 17.6 Å². The lowest BCUT2D eigenvalue weighted by Crippen LogP contribution is -2.45. The maximum Gasteiger partial charge on any atom is 0.224 e. The van der Waals surface area contributed by atoms with Crippen molar-refractivity contribution in [2.75, 3.05) is 6.54 Å². The number of benzene rings is 2. The molecular formula is C22H22ClF4N5O. The van der Waals surface area contributed by atoms with E-state index in [0.29, 0.717) is 25.6 Å². The number of carbonyl (C=O) groups is 1. The molecule has 0 spiro atoms. The Kier molecular flexibility index (Phi) is 7.70. The van der Waals surface area contributed by atoms with Crippen LogP contribution in [0.5, 0.6) is 0 Å². The molecule has 0 aliphatic carbocycles. The van der Waals surface area contributed by atoms with Gasteiger partial charge in [0.1, 0.15) is 11.6 Å². The number of hydrogen-bond donors (Lipinski definition) is 1. The molecule has 0 saturated carbocycles. The molecule has 0 fully saturated rings. The molecule has 6 nitrogen and oxygen atoms in total. The van der Waals surface area contributed by atoms with Crippen LogP contribution in [0.1, 0.15) is 29.3 Å². The highest BCUT2D eigenvalue weighted by molar-refractivity contribution is 5.85. The number of halogens is 5. The minimum atomic E-state index is -1.28. The van der Waals surface area contributed by atoms with Crippen LogP contribution in [0.25, 0.3) is 0 Å². The van der Waals surface area contributed by atoms with E-state index in [-0.39, 0.29) is 48.6 Å². The third kappa shape index (κ3) is 5.51. The molecule has 0 bridgehead atoms. The molecule has 2 heterocycles. The molecular weight excluding hydrogens is 462 g/mol. The smallest absolute Gasteiger partial charge is 0.224 e. The van der Waals surface area contributed by atoms with Gasteiger partial charge in [-0.2, -0.15) is 0 Å². The highest BCUT2D eigenvalue weighted by Crippen LogP contribution is 2.29. The summed E-state index contributed by atoms with van der Waals surface area (Å²) in [6.45, 7) is 0.821. The van der Waals surface area contributed by atoms with E-state index in [1.807, 2.05) is 0 Å². The Balaban J connectivity index is 0.00000306. The zero-order chi connectivity index (χ0) is 22.8. The second-order valence-electron chi connectivity index (χ2n) is 7.84. The van der Waals surface area contributed by atoms with Crippen molar-refractivity contribution in [2.45, 2.75) is 37.9 Å². The van der Waals surface area contributed by atoms with Gasteiger partial charge in [-0.3, -0.25) is 4.79 Å². The van der Waals surface area contributed by atoms with Crippen molar-refractivity contribution in [3.05, 3.63) is 82.7 Å². The van der Waals surface area contributed by atoms with E-state index in [1.165, 1.54) is 12.1 Å². The van der Waals surface area contributed by atoms with E-state index in [4.69, 9.17) is 5.73 Å². The van der Waals surface area contributed by atoms with Gasteiger partial charge in [0, 0.05) is 25.1 Å². The van der Waals surface area contributed by atoms with Crippen molar-refractivity contribution < 1.29 is 22.4 Å². The minimum Gasteiger partial charge on any atom is -0.332 e. The predicted molar refractivity (Wildman–Crippen MR) is 114 cm³/mol. The van der Waals surface area contributed by atoms with Gasteiger partial charge in [-0.05, 0) is 42.2 Å². The Bertz CT molecular complexity index is 1120. The van der Waals surface area contributed by atoms with Crippen molar-refractivity contribution in [2.24, 2.45) is 5.73 Å². The number of hydrogen-bond acceptors (Lipinski definition) is 4. The van der Waals surface area contributed by atoms with Crippen LogP contribution in [-0.4, -0.2) is 38.4 Å². The number of nitrogens with zero attached hydrogens (tertiary/aromatic N) is 4.